The van der Waals surface area contributed by atoms with Gasteiger partial charge in [-0.2, -0.15) is 5.26 Å². The molecule has 5 aromatic rings. The van der Waals surface area contributed by atoms with Crippen molar-refractivity contribution in [1.82, 2.24) is 0 Å². The van der Waals surface area contributed by atoms with Gasteiger partial charge in [-0.25, -0.2) is 19.2 Å². The van der Waals surface area contributed by atoms with Crippen molar-refractivity contribution < 1.29 is 109 Å². The lowest BCUT2D eigenvalue weighted by Gasteiger charge is -2.44. The number of benzene rings is 5. The van der Waals surface area contributed by atoms with E-state index < -0.39 is 159 Å². The van der Waals surface area contributed by atoms with Gasteiger partial charge in [0.1, 0.15) is 12.7 Å². The predicted octanol–water partition coefficient (Wildman–Crippen LogP) is 2.99. The minimum absolute atomic E-state index is 0.149. The average Bonchev–Trinajstić information content (AvgIpc) is 3.27. The SMILES string of the molecule is N#CC(OC1OC(COC(=O)c2cc(O)c(O)c(O)c2)C(OC(=O)c2cc(O)c(O)c(O)c2)C(OC(=O)c2cc(O)c(O)c(O)c2)C1OC(=O)c1cc(O)c(O)c(O)c1)c1ccccc1. The van der Waals surface area contributed by atoms with Crippen molar-refractivity contribution >= 4 is 23.9 Å². The van der Waals surface area contributed by atoms with Crippen molar-refractivity contribution in [2.24, 2.45) is 0 Å². The normalized spacial score (nSPS) is 18.4. The predicted molar refractivity (Wildman–Crippen MR) is 208 cm³/mol. The first-order chi connectivity index (χ1) is 30.8. The van der Waals surface area contributed by atoms with E-state index in [2.05, 4.69) is 0 Å². The highest BCUT2D eigenvalue weighted by atomic mass is 16.7. The molecule has 0 amide bonds. The molecule has 0 spiro atoms. The summed E-state index contributed by atoms with van der Waals surface area (Å²) in [4.78, 5) is 55.0. The summed E-state index contributed by atoms with van der Waals surface area (Å²) in [6.45, 7) is -1.11. The van der Waals surface area contributed by atoms with Crippen LogP contribution < -0.4 is 0 Å². The van der Waals surface area contributed by atoms with Crippen molar-refractivity contribution in [2.45, 2.75) is 36.8 Å². The van der Waals surface area contributed by atoms with E-state index in [4.69, 9.17) is 28.4 Å². The molecule has 0 aromatic heterocycles. The molecule has 23 nitrogen and oxygen atoms in total. The van der Waals surface area contributed by atoms with Crippen molar-refractivity contribution in [3.63, 3.8) is 0 Å². The van der Waals surface area contributed by atoms with Gasteiger partial charge in [-0.05, 0) is 54.1 Å². The van der Waals surface area contributed by atoms with E-state index in [1.807, 2.05) is 6.07 Å². The molecule has 65 heavy (non-hydrogen) atoms. The maximum atomic E-state index is 14.0. The average molecular weight is 904 g/mol. The van der Waals surface area contributed by atoms with Crippen LogP contribution in [-0.4, -0.2) is 122 Å². The Bertz CT molecular complexity index is 2620. The highest BCUT2D eigenvalue weighted by Gasteiger charge is 2.54. The summed E-state index contributed by atoms with van der Waals surface area (Å²) in [5.74, 6) is -18.3. The fourth-order valence-electron chi connectivity index (χ4n) is 6.17. The Labute approximate surface area is 362 Å². The zero-order valence-corrected chi connectivity index (χ0v) is 32.6. The molecule has 0 radical (unpaired) electrons. The number of ether oxygens (including phenoxy) is 6. The van der Waals surface area contributed by atoms with Gasteiger partial charge in [-0.1, -0.05) is 30.3 Å². The molecule has 1 heterocycles. The maximum absolute atomic E-state index is 14.0. The maximum Gasteiger partial charge on any atom is 0.339 e. The molecule has 1 aliphatic rings. The molecule has 1 aliphatic heterocycles. The van der Waals surface area contributed by atoms with Crippen LogP contribution in [0.5, 0.6) is 69.0 Å². The molecule has 0 aliphatic carbocycles. The van der Waals surface area contributed by atoms with Gasteiger partial charge in [0.05, 0.1) is 28.3 Å². The Kier molecular flexibility index (Phi) is 13.0. The fourth-order valence-corrected chi connectivity index (χ4v) is 6.17. The van der Waals surface area contributed by atoms with E-state index in [1.165, 1.54) is 24.3 Å². The van der Waals surface area contributed by atoms with Crippen LogP contribution in [0.25, 0.3) is 0 Å². The Morgan fingerprint density at radius 3 is 1.22 bits per heavy atom. The number of carbonyl (C=O) groups is 4. The number of esters is 4. The fraction of sp³-hybridized carbons (Fsp3) is 0.167. The highest BCUT2D eigenvalue weighted by molar-refractivity contribution is 5.93. The molecule has 6 unspecified atom stereocenters. The summed E-state index contributed by atoms with van der Waals surface area (Å²) >= 11 is 0. The molecule has 0 saturated carbocycles. The third kappa shape index (κ3) is 9.73. The Morgan fingerprint density at radius 1 is 0.508 bits per heavy atom. The second-order valence-electron chi connectivity index (χ2n) is 13.8. The van der Waals surface area contributed by atoms with E-state index >= 15 is 0 Å². The molecule has 6 atom stereocenters. The summed E-state index contributed by atoms with van der Waals surface area (Å²) in [5.41, 5.74) is -2.57. The number of aromatic hydroxyl groups is 12. The number of carbonyl (C=O) groups excluding carboxylic acids is 4. The van der Waals surface area contributed by atoms with Crippen LogP contribution in [0, 0.1) is 11.3 Å². The highest BCUT2D eigenvalue weighted by Crippen LogP contribution is 2.41. The van der Waals surface area contributed by atoms with Crippen LogP contribution in [0.15, 0.2) is 78.9 Å². The number of hydrogen-bond acceptors (Lipinski definition) is 23. The minimum atomic E-state index is -2.34. The largest absolute Gasteiger partial charge is 0.504 e. The topological polar surface area (TPSA) is 390 Å². The molecule has 23 heteroatoms. The van der Waals surface area contributed by atoms with Crippen molar-refractivity contribution in [3.05, 3.63) is 107 Å². The van der Waals surface area contributed by atoms with Gasteiger partial charge >= 0.3 is 23.9 Å². The Balaban J connectivity index is 1.52. The number of nitriles is 1. The minimum Gasteiger partial charge on any atom is -0.504 e. The summed E-state index contributed by atoms with van der Waals surface area (Å²) in [7, 11) is 0. The summed E-state index contributed by atoms with van der Waals surface area (Å²) < 4.78 is 34.5. The van der Waals surface area contributed by atoms with Gasteiger partial charge in [0, 0.05) is 0 Å². The second-order valence-corrected chi connectivity index (χ2v) is 13.8. The molecule has 0 bridgehead atoms. The van der Waals surface area contributed by atoms with Crippen LogP contribution >= 0.6 is 0 Å². The van der Waals surface area contributed by atoms with Crippen LogP contribution in [0.1, 0.15) is 53.1 Å². The summed E-state index contributed by atoms with van der Waals surface area (Å²) in [5, 5.41) is 131. The third-order valence-electron chi connectivity index (χ3n) is 9.41. The zero-order valence-electron chi connectivity index (χ0n) is 32.6. The number of phenols is 12. The third-order valence-corrected chi connectivity index (χ3v) is 9.41. The number of nitrogens with zero attached hydrogens (tertiary/aromatic N) is 1. The lowest BCUT2D eigenvalue weighted by Crippen LogP contribution is -2.63. The van der Waals surface area contributed by atoms with Crippen LogP contribution in [0.3, 0.4) is 0 Å². The molecule has 1 saturated heterocycles. The quantitative estimate of drug-likeness (QED) is 0.0486. The molecule has 5 aromatic carbocycles. The van der Waals surface area contributed by atoms with Crippen molar-refractivity contribution in [3.8, 4) is 75.1 Å². The summed E-state index contributed by atoms with van der Waals surface area (Å²) in [6.07, 6.45) is -12.7. The van der Waals surface area contributed by atoms with E-state index in [9.17, 15) is 85.7 Å². The number of hydrogen-bond donors (Lipinski definition) is 12. The zero-order chi connectivity index (χ0) is 47.4. The van der Waals surface area contributed by atoms with Gasteiger partial charge < -0.3 is 89.7 Å². The molecule has 338 valence electrons. The van der Waals surface area contributed by atoms with Crippen LogP contribution in [0.2, 0.25) is 0 Å². The van der Waals surface area contributed by atoms with E-state index in [-0.39, 0.29) is 5.56 Å². The van der Waals surface area contributed by atoms with E-state index in [0.717, 1.165) is 0 Å². The first-order valence-electron chi connectivity index (χ1n) is 18.3. The van der Waals surface area contributed by atoms with Crippen molar-refractivity contribution in [1.29, 1.82) is 5.26 Å². The van der Waals surface area contributed by atoms with Crippen molar-refractivity contribution in [2.75, 3.05) is 6.61 Å². The number of phenolic OH excluding ortho intramolecular Hbond substituents is 12. The van der Waals surface area contributed by atoms with Gasteiger partial charge in [0.25, 0.3) is 0 Å². The lowest BCUT2D eigenvalue weighted by molar-refractivity contribution is -0.305. The first kappa shape index (κ1) is 45.5. The lowest BCUT2D eigenvalue weighted by atomic mass is 9.97. The first-order valence-corrected chi connectivity index (χ1v) is 18.3. The van der Waals surface area contributed by atoms with E-state index in [1.54, 1.807) is 6.07 Å². The number of rotatable bonds is 12. The van der Waals surface area contributed by atoms with Gasteiger partial charge in [-0.3, -0.25) is 0 Å². The molecule has 1 fully saturated rings. The monoisotopic (exact) mass is 903 g/mol. The van der Waals surface area contributed by atoms with E-state index in [0.29, 0.717) is 48.5 Å². The smallest absolute Gasteiger partial charge is 0.339 e. The summed E-state index contributed by atoms with van der Waals surface area (Å²) in [6, 6.07) is 14.4. The molecular weight excluding hydrogens is 870 g/mol. The molecule has 12 N–H and O–H groups in total. The molecular formula is C42H33NO22. The van der Waals surface area contributed by atoms with Crippen LogP contribution in [0.4, 0.5) is 0 Å². The molecule has 6 rings (SSSR count). The second kappa shape index (κ2) is 18.5. The standard InChI is InChI=1S/C42H33NO22/c43-14-29(16-4-2-1-3-5-16)61-42-37(65-41(59)20-12-27(50)34(55)28(51)13-20)36(64-40(58)19-10-25(48)33(54)26(49)11-19)35(63-39(57)18-8-23(46)32(53)24(47)9-18)30(62-42)15-60-38(56)17-6-21(44)31(52)22(45)7-17/h1-13,29-30,35-37,42,44-55H,15H2. The van der Waals surface area contributed by atoms with Gasteiger partial charge in [-0.15, -0.1) is 0 Å². The van der Waals surface area contributed by atoms with Gasteiger partial charge in [0.15, 0.2) is 93.4 Å². The Hall–Kier alpha value is -9.01. The Morgan fingerprint density at radius 2 is 0.846 bits per heavy atom. The van der Waals surface area contributed by atoms with Crippen LogP contribution in [-0.2, 0) is 28.4 Å². The van der Waals surface area contributed by atoms with Gasteiger partial charge in [0.2, 0.25) is 6.29 Å².